The quantitative estimate of drug-likeness (QED) is 0.751. The van der Waals surface area contributed by atoms with Crippen LogP contribution in [0.5, 0.6) is 0 Å². The summed E-state index contributed by atoms with van der Waals surface area (Å²) in [6.45, 7) is 1.99. The van der Waals surface area contributed by atoms with Gasteiger partial charge in [0.05, 0.1) is 10.2 Å². The Kier molecular flexibility index (Phi) is 4.50. The molecule has 1 amide bonds. The molecule has 1 fully saturated rings. The van der Waals surface area contributed by atoms with Crippen LogP contribution in [0.3, 0.4) is 0 Å². The van der Waals surface area contributed by atoms with Crippen molar-refractivity contribution < 1.29 is 4.79 Å². The van der Waals surface area contributed by atoms with E-state index in [1.807, 2.05) is 18.2 Å². The van der Waals surface area contributed by atoms with E-state index in [9.17, 15) is 4.79 Å². The molecule has 1 aliphatic heterocycles. The number of thiazole rings is 1. The highest BCUT2D eigenvalue weighted by Crippen LogP contribution is 2.28. The molecule has 0 saturated carbocycles. The van der Waals surface area contributed by atoms with Crippen molar-refractivity contribution in [2.24, 2.45) is 0 Å². The number of fused-ring (bicyclic) bond motifs is 1. The Balaban J connectivity index is 1.48. The zero-order chi connectivity index (χ0) is 17.2. The van der Waals surface area contributed by atoms with Crippen LogP contribution in [0.15, 0.2) is 30.3 Å². The predicted octanol–water partition coefficient (Wildman–Crippen LogP) is 3.98. The maximum absolute atomic E-state index is 12.4. The highest BCUT2D eigenvalue weighted by molar-refractivity contribution is 7.22. The van der Waals surface area contributed by atoms with Gasteiger partial charge in [-0.1, -0.05) is 22.9 Å². The maximum Gasteiger partial charge on any atom is 0.277 e. The summed E-state index contributed by atoms with van der Waals surface area (Å²) < 4.78 is 0.925. The number of aromatic nitrogens is 3. The second-order valence-corrected chi connectivity index (χ2v) is 7.38. The molecule has 4 rings (SSSR count). The molecule has 3 aromatic rings. The Labute approximate surface area is 153 Å². The number of carbonyl (C=O) groups excluding carboxylic acids is 1. The third-order valence-electron chi connectivity index (χ3n) is 4.13. The van der Waals surface area contributed by atoms with E-state index in [2.05, 4.69) is 25.4 Å². The molecule has 25 heavy (non-hydrogen) atoms. The summed E-state index contributed by atoms with van der Waals surface area (Å²) in [5.74, 6) is 0.508. The van der Waals surface area contributed by atoms with Gasteiger partial charge >= 0.3 is 0 Å². The van der Waals surface area contributed by atoms with Crippen LogP contribution in [0.4, 0.5) is 10.9 Å². The number of piperidine rings is 1. The monoisotopic (exact) mass is 373 g/mol. The van der Waals surface area contributed by atoms with E-state index in [0.29, 0.717) is 10.2 Å². The predicted molar refractivity (Wildman–Crippen MR) is 101 cm³/mol. The fourth-order valence-electron chi connectivity index (χ4n) is 2.85. The van der Waals surface area contributed by atoms with Crippen molar-refractivity contribution in [3.8, 4) is 0 Å². The number of hydrogen-bond acceptors (Lipinski definition) is 6. The Hall–Kier alpha value is -2.25. The molecule has 8 heteroatoms. The largest absolute Gasteiger partial charge is 0.355 e. The van der Waals surface area contributed by atoms with E-state index >= 15 is 0 Å². The van der Waals surface area contributed by atoms with Gasteiger partial charge in [-0.05, 0) is 49.6 Å². The van der Waals surface area contributed by atoms with E-state index in [4.69, 9.17) is 11.6 Å². The number of amides is 1. The summed E-state index contributed by atoms with van der Waals surface area (Å²) >= 11 is 7.35. The summed E-state index contributed by atoms with van der Waals surface area (Å²) in [5, 5.41) is 12.2. The second-order valence-electron chi connectivity index (χ2n) is 5.91. The summed E-state index contributed by atoms with van der Waals surface area (Å²) in [4.78, 5) is 18.9. The summed E-state index contributed by atoms with van der Waals surface area (Å²) in [7, 11) is 0. The lowest BCUT2D eigenvalue weighted by atomic mass is 10.1. The third kappa shape index (κ3) is 3.57. The van der Waals surface area contributed by atoms with Crippen molar-refractivity contribution in [2.45, 2.75) is 19.3 Å². The first-order valence-corrected chi connectivity index (χ1v) is 9.35. The molecule has 0 unspecified atom stereocenters. The average molecular weight is 374 g/mol. The smallest absolute Gasteiger partial charge is 0.277 e. The first-order valence-electron chi connectivity index (χ1n) is 8.15. The Bertz CT molecular complexity index is 905. The molecule has 128 valence electrons. The fourth-order valence-corrected chi connectivity index (χ4v) is 3.99. The molecule has 1 saturated heterocycles. The van der Waals surface area contributed by atoms with Gasteiger partial charge < -0.3 is 4.90 Å². The minimum absolute atomic E-state index is 0.276. The fraction of sp³-hybridized carbons (Fsp3) is 0.294. The van der Waals surface area contributed by atoms with E-state index in [-0.39, 0.29) is 11.6 Å². The minimum Gasteiger partial charge on any atom is -0.355 e. The number of carbonyl (C=O) groups is 1. The van der Waals surface area contributed by atoms with Crippen LogP contribution in [-0.2, 0) is 0 Å². The van der Waals surface area contributed by atoms with Crippen LogP contribution < -0.4 is 10.2 Å². The van der Waals surface area contributed by atoms with Crippen LogP contribution >= 0.6 is 22.9 Å². The Morgan fingerprint density at radius 3 is 2.72 bits per heavy atom. The average Bonchev–Trinajstić information content (AvgIpc) is 3.04. The number of benzene rings is 1. The molecular formula is C17H16ClN5OS. The van der Waals surface area contributed by atoms with E-state index in [0.717, 1.165) is 29.1 Å². The molecule has 0 aliphatic carbocycles. The van der Waals surface area contributed by atoms with Crippen LogP contribution in [0.1, 0.15) is 29.8 Å². The second kappa shape index (κ2) is 6.93. The van der Waals surface area contributed by atoms with Crippen molar-refractivity contribution in [2.75, 3.05) is 23.3 Å². The number of nitrogens with one attached hydrogen (secondary N) is 1. The third-order valence-corrected chi connectivity index (χ3v) is 5.30. The lowest BCUT2D eigenvalue weighted by Crippen LogP contribution is -2.30. The number of halogens is 1. The first-order chi connectivity index (χ1) is 12.2. The Morgan fingerprint density at radius 2 is 1.96 bits per heavy atom. The number of hydrogen-bond donors (Lipinski definition) is 1. The van der Waals surface area contributed by atoms with Gasteiger partial charge in [0, 0.05) is 18.1 Å². The van der Waals surface area contributed by atoms with Crippen molar-refractivity contribution in [1.82, 2.24) is 15.2 Å². The Morgan fingerprint density at radius 1 is 1.12 bits per heavy atom. The van der Waals surface area contributed by atoms with E-state index in [1.165, 1.54) is 30.6 Å². The van der Waals surface area contributed by atoms with Gasteiger partial charge in [-0.15, -0.1) is 10.2 Å². The minimum atomic E-state index is -0.317. The standard InChI is InChI=1S/C17H16ClN5OS/c18-11-4-5-12-14(10-11)25-17(19-12)20-16(24)13-6-7-15(22-21-13)23-8-2-1-3-9-23/h4-7,10H,1-3,8-9H2,(H,19,20,24). The van der Waals surface area contributed by atoms with Crippen molar-refractivity contribution in [1.29, 1.82) is 0 Å². The van der Waals surface area contributed by atoms with E-state index in [1.54, 1.807) is 12.1 Å². The molecule has 0 atom stereocenters. The molecule has 1 N–H and O–H groups in total. The molecule has 6 nitrogen and oxygen atoms in total. The van der Waals surface area contributed by atoms with Gasteiger partial charge in [0.15, 0.2) is 16.6 Å². The van der Waals surface area contributed by atoms with Crippen LogP contribution in [-0.4, -0.2) is 34.2 Å². The zero-order valence-corrected chi connectivity index (χ0v) is 15.0. The number of rotatable bonds is 3. The summed E-state index contributed by atoms with van der Waals surface area (Å²) in [6, 6.07) is 9.00. The van der Waals surface area contributed by atoms with Gasteiger partial charge in [0.1, 0.15) is 0 Å². The molecule has 1 aliphatic rings. The molecule has 1 aromatic carbocycles. The molecule has 2 aromatic heterocycles. The van der Waals surface area contributed by atoms with Crippen LogP contribution in [0.25, 0.3) is 10.2 Å². The zero-order valence-electron chi connectivity index (χ0n) is 13.4. The van der Waals surface area contributed by atoms with Gasteiger partial charge in [-0.25, -0.2) is 4.98 Å². The SMILES string of the molecule is O=C(Nc1nc2ccc(Cl)cc2s1)c1ccc(N2CCCCC2)nn1. The van der Waals surface area contributed by atoms with Crippen LogP contribution in [0, 0.1) is 0 Å². The maximum atomic E-state index is 12.4. The van der Waals surface area contributed by atoms with Crippen molar-refractivity contribution in [3.63, 3.8) is 0 Å². The van der Waals surface area contributed by atoms with Gasteiger partial charge in [-0.3, -0.25) is 10.1 Å². The number of nitrogens with zero attached hydrogens (tertiary/aromatic N) is 4. The highest BCUT2D eigenvalue weighted by atomic mass is 35.5. The molecular weight excluding hydrogens is 358 g/mol. The summed E-state index contributed by atoms with van der Waals surface area (Å²) in [5.41, 5.74) is 1.08. The van der Waals surface area contributed by atoms with Crippen molar-refractivity contribution in [3.05, 3.63) is 41.0 Å². The number of anilines is 2. The molecule has 0 radical (unpaired) electrons. The molecule has 3 heterocycles. The first kappa shape index (κ1) is 16.2. The molecule has 0 bridgehead atoms. The summed E-state index contributed by atoms with van der Waals surface area (Å²) in [6.07, 6.45) is 3.61. The van der Waals surface area contributed by atoms with Crippen LogP contribution in [0.2, 0.25) is 5.02 Å². The molecule has 0 spiro atoms. The van der Waals surface area contributed by atoms with Gasteiger partial charge in [0.25, 0.3) is 5.91 Å². The lowest BCUT2D eigenvalue weighted by molar-refractivity contribution is 0.102. The normalized spacial score (nSPS) is 14.7. The van der Waals surface area contributed by atoms with Gasteiger partial charge in [0.2, 0.25) is 0 Å². The highest BCUT2D eigenvalue weighted by Gasteiger charge is 2.15. The van der Waals surface area contributed by atoms with E-state index < -0.39 is 0 Å². The van der Waals surface area contributed by atoms with Gasteiger partial charge in [-0.2, -0.15) is 0 Å². The van der Waals surface area contributed by atoms with Crippen molar-refractivity contribution >= 4 is 50.0 Å². The topological polar surface area (TPSA) is 71.0 Å². The lowest BCUT2D eigenvalue weighted by Gasteiger charge is -2.27.